The highest BCUT2D eigenvalue weighted by Crippen LogP contribution is 2.44. The average molecular weight is 388 g/mol. The van der Waals surface area contributed by atoms with Crippen LogP contribution in [-0.4, -0.2) is 47.7 Å². The second-order valence-corrected chi connectivity index (χ2v) is 8.73. The van der Waals surface area contributed by atoms with Crippen LogP contribution in [0.25, 0.3) is 0 Å². The summed E-state index contributed by atoms with van der Waals surface area (Å²) in [6, 6.07) is 7.87. The van der Waals surface area contributed by atoms with E-state index in [4.69, 9.17) is 11.6 Å². The van der Waals surface area contributed by atoms with Gasteiger partial charge in [0.2, 0.25) is 5.91 Å². The van der Waals surface area contributed by atoms with Gasteiger partial charge in [0.05, 0.1) is 22.8 Å². The number of likely N-dealkylation sites (tertiary alicyclic amines) is 1. The number of nitriles is 1. The van der Waals surface area contributed by atoms with Gasteiger partial charge in [-0.15, -0.1) is 0 Å². The fraction of sp³-hybridized carbons (Fsp3) is 0.619. The number of hydrogen-bond acceptors (Lipinski definition) is 4. The highest BCUT2D eigenvalue weighted by molar-refractivity contribution is 6.30. The van der Waals surface area contributed by atoms with Crippen LogP contribution in [0.2, 0.25) is 5.02 Å². The fourth-order valence-corrected chi connectivity index (χ4v) is 5.31. The number of carbonyl (C=O) groups excluding carboxylic acids is 1. The van der Waals surface area contributed by atoms with Gasteiger partial charge in [0.25, 0.3) is 0 Å². The van der Waals surface area contributed by atoms with Crippen LogP contribution in [0, 0.1) is 16.7 Å². The summed E-state index contributed by atoms with van der Waals surface area (Å²) in [6.45, 7) is 2.32. The second-order valence-electron chi connectivity index (χ2n) is 8.29. The number of nitrogens with zero attached hydrogens (tertiary/aromatic N) is 3. The molecule has 1 saturated carbocycles. The normalized spacial score (nSPS) is 31.4. The van der Waals surface area contributed by atoms with E-state index in [1.54, 1.807) is 12.1 Å². The molecule has 144 valence electrons. The molecule has 1 N–H and O–H groups in total. The van der Waals surface area contributed by atoms with Crippen molar-refractivity contribution in [3.8, 4) is 6.07 Å². The Morgan fingerprint density at radius 1 is 1.19 bits per heavy atom. The Bertz CT molecular complexity index is 769. The summed E-state index contributed by atoms with van der Waals surface area (Å²) in [5, 5.41) is 19.8. The smallest absolute Gasteiger partial charge is 0.230 e. The van der Waals surface area contributed by atoms with Crippen LogP contribution in [0.15, 0.2) is 18.2 Å². The van der Waals surface area contributed by atoms with Gasteiger partial charge in [0, 0.05) is 30.7 Å². The monoisotopic (exact) mass is 387 g/mol. The van der Waals surface area contributed by atoms with E-state index < -0.39 is 0 Å². The van der Waals surface area contributed by atoms with E-state index in [0.717, 1.165) is 63.7 Å². The van der Waals surface area contributed by atoms with Crippen molar-refractivity contribution in [1.82, 2.24) is 4.90 Å². The van der Waals surface area contributed by atoms with Crippen LogP contribution in [0.4, 0.5) is 5.69 Å². The van der Waals surface area contributed by atoms with Gasteiger partial charge in [-0.2, -0.15) is 5.26 Å². The Balaban J connectivity index is 1.54. The molecule has 3 aliphatic rings. The van der Waals surface area contributed by atoms with Gasteiger partial charge in [-0.05, 0) is 63.1 Å². The van der Waals surface area contributed by atoms with Gasteiger partial charge in [0.1, 0.15) is 6.07 Å². The van der Waals surface area contributed by atoms with E-state index in [9.17, 15) is 15.2 Å². The predicted octanol–water partition coefficient (Wildman–Crippen LogP) is 3.33. The molecular formula is C21H26ClN3O2. The van der Waals surface area contributed by atoms with Gasteiger partial charge >= 0.3 is 0 Å². The predicted molar refractivity (Wildman–Crippen MR) is 105 cm³/mol. The standard InChI is InChI=1S/C21H26ClN3O2/c22-16-3-2-15(13-23)19(12-16)24-10-1-8-21(14-24)9-11-25(20(21)27)17-4-6-18(26)7-5-17/h2-3,12,17-18,26H,1,4-11,14H2/t17-,18+,21?. The van der Waals surface area contributed by atoms with Gasteiger partial charge in [-0.3, -0.25) is 4.79 Å². The van der Waals surface area contributed by atoms with Crippen molar-refractivity contribution in [1.29, 1.82) is 5.26 Å². The number of piperidine rings is 1. The fourth-order valence-electron chi connectivity index (χ4n) is 5.14. The molecule has 27 heavy (non-hydrogen) atoms. The van der Waals surface area contributed by atoms with Crippen LogP contribution < -0.4 is 4.90 Å². The van der Waals surface area contributed by atoms with Crippen LogP contribution in [0.5, 0.6) is 0 Å². The molecule has 1 aromatic rings. The van der Waals surface area contributed by atoms with Crippen LogP contribution >= 0.6 is 11.6 Å². The first-order chi connectivity index (χ1) is 13.0. The molecule has 4 rings (SSSR count). The Kier molecular flexibility index (Phi) is 5.05. The van der Waals surface area contributed by atoms with Gasteiger partial charge in [-0.25, -0.2) is 0 Å². The zero-order chi connectivity index (χ0) is 19.0. The van der Waals surface area contributed by atoms with E-state index >= 15 is 0 Å². The molecule has 6 heteroatoms. The molecule has 1 aromatic carbocycles. The van der Waals surface area contributed by atoms with Gasteiger partial charge < -0.3 is 14.9 Å². The minimum atomic E-state index is -0.344. The van der Waals surface area contributed by atoms with Crippen molar-refractivity contribution < 1.29 is 9.90 Å². The lowest BCUT2D eigenvalue weighted by molar-refractivity contribution is -0.139. The third-order valence-corrected chi connectivity index (χ3v) is 6.89. The Morgan fingerprint density at radius 3 is 2.70 bits per heavy atom. The first-order valence-electron chi connectivity index (χ1n) is 9.96. The average Bonchev–Trinajstić information content (AvgIpc) is 2.98. The topological polar surface area (TPSA) is 67.6 Å². The molecule has 1 atom stereocenters. The number of benzene rings is 1. The van der Waals surface area contributed by atoms with Crippen molar-refractivity contribution in [2.24, 2.45) is 5.41 Å². The van der Waals surface area contributed by atoms with E-state index in [2.05, 4.69) is 15.9 Å². The Morgan fingerprint density at radius 2 is 1.96 bits per heavy atom. The zero-order valence-corrected chi connectivity index (χ0v) is 16.3. The highest BCUT2D eigenvalue weighted by atomic mass is 35.5. The summed E-state index contributed by atoms with van der Waals surface area (Å²) >= 11 is 6.18. The molecule has 1 amide bonds. The first-order valence-corrected chi connectivity index (χ1v) is 10.3. The summed E-state index contributed by atoms with van der Waals surface area (Å²) in [4.78, 5) is 17.7. The summed E-state index contributed by atoms with van der Waals surface area (Å²) < 4.78 is 0. The third-order valence-electron chi connectivity index (χ3n) is 6.65. The zero-order valence-electron chi connectivity index (χ0n) is 15.5. The van der Waals surface area contributed by atoms with Crippen LogP contribution in [0.3, 0.4) is 0 Å². The summed E-state index contributed by atoms with van der Waals surface area (Å²) in [5.74, 6) is 0.272. The molecule has 1 unspecified atom stereocenters. The highest BCUT2D eigenvalue weighted by Gasteiger charge is 2.50. The number of aliphatic hydroxyl groups is 1. The molecule has 2 saturated heterocycles. The van der Waals surface area contributed by atoms with Crippen LogP contribution in [-0.2, 0) is 4.79 Å². The number of anilines is 1. The molecule has 1 spiro atoms. The maximum absolute atomic E-state index is 13.4. The molecule has 2 aliphatic heterocycles. The summed E-state index contributed by atoms with van der Waals surface area (Å²) in [5.41, 5.74) is 1.11. The third kappa shape index (κ3) is 3.41. The maximum Gasteiger partial charge on any atom is 0.230 e. The SMILES string of the molecule is N#Cc1ccc(Cl)cc1N1CCCC2(CCN([C@H]3CC[C@@H](O)CC3)C2=O)C1. The lowest BCUT2D eigenvalue weighted by Crippen LogP contribution is -2.50. The lowest BCUT2D eigenvalue weighted by Gasteiger charge is -2.41. The number of carbonyl (C=O) groups is 1. The molecule has 2 heterocycles. The summed E-state index contributed by atoms with van der Waals surface area (Å²) in [7, 11) is 0. The minimum Gasteiger partial charge on any atom is -0.393 e. The Labute approximate surface area is 165 Å². The van der Waals surface area contributed by atoms with Crippen molar-refractivity contribution in [2.75, 3.05) is 24.5 Å². The van der Waals surface area contributed by atoms with Crippen molar-refractivity contribution >= 4 is 23.2 Å². The van der Waals surface area contributed by atoms with E-state index in [1.807, 2.05) is 6.07 Å². The van der Waals surface area contributed by atoms with E-state index in [0.29, 0.717) is 17.1 Å². The van der Waals surface area contributed by atoms with Crippen molar-refractivity contribution in [3.63, 3.8) is 0 Å². The summed E-state index contributed by atoms with van der Waals surface area (Å²) in [6.07, 6.45) is 5.92. The number of rotatable bonds is 2. The number of halogens is 1. The maximum atomic E-state index is 13.4. The van der Waals surface area contributed by atoms with Gasteiger partial charge in [0.15, 0.2) is 0 Å². The van der Waals surface area contributed by atoms with Gasteiger partial charge in [-0.1, -0.05) is 11.6 Å². The largest absolute Gasteiger partial charge is 0.393 e. The van der Waals surface area contributed by atoms with E-state index in [-0.39, 0.29) is 23.5 Å². The number of amides is 1. The molecule has 0 bridgehead atoms. The quantitative estimate of drug-likeness (QED) is 0.845. The second kappa shape index (κ2) is 7.33. The first kappa shape index (κ1) is 18.6. The molecular weight excluding hydrogens is 362 g/mol. The molecule has 0 radical (unpaired) electrons. The molecule has 3 fully saturated rings. The molecule has 0 aromatic heterocycles. The number of hydrogen-bond donors (Lipinski definition) is 1. The number of aliphatic hydroxyl groups excluding tert-OH is 1. The van der Waals surface area contributed by atoms with E-state index in [1.165, 1.54) is 0 Å². The van der Waals surface area contributed by atoms with Crippen molar-refractivity contribution in [3.05, 3.63) is 28.8 Å². The Hall–Kier alpha value is -1.77. The lowest BCUT2D eigenvalue weighted by atomic mass is 9.78. The van der Waals surface area contributed by atoms with Crippen molar-refractivity contribution in [2.45, 2.75) is 57.1 Å². The molecule has 5 nitrogen and oxygen atoms in total. The molecule has 1 aliphatic carbocycles. The minimum absolute atomic E-state index is 0.203. The van der Waals surface area contributed by atoms with Crippen LogP contribution in [0.1, 0.15) is 50.5 Å².